The minimum atomic E-state index is -3.84. The summed E-state index contributed by atoms with van der Waals surface area (Å²) in [4.78, 5) is 10.8. The molecule has 0 saturated carbocycles. The van der Waals surface area contributed by atoms with Gasteiger partial charge in [-0.05, 0) is 23.8 Å². The summed E-state index contributed by atoms with van der Waals surface area (Å²) in [6.45, 7) is 0. The van der Waals surface area contributed by atoms with Crippen LogP contribution in [0.1, 0.15) is 5.56 Å². The van der Waals surface area contributed by atoms with Crippen molar-refractivity contribution in [2.45, 2.75) is 0 Å². The number of carbonyl (C=O) groups is 1. The molecule has 0 radical (unpaired) electrons. The summed E-state index contributed by atoms with van der Waals surface area (Å²) in [6.07, 6.45) is 0.319. The summed E-state index contributed by atoms with van der Waals surface area (Å²) in [5, 5.41) is 0.881. The molecule has 98 valence electrons. The third-order valence-corrected chi connectivity index (χ3v) is 2.91. The summed E-state index contributed by atoms with van der Waals surface area (Å²) in [7, 11) is -1.22. The fraction of sp³-hybridized carbons (Fsp3) is 0.182. The van der Waals surface area contributed by atoms with Gasteiger partial charge in [0.2, 0.25) is 0 Å². The summed E-state index contributed by atoms with van der Waals surface area (Å²) in [5.74, 6) is 0.669. The van der Waals surface area contributed by atoms with Gasteiger partial charge < -0.3 is 9.47 Å². The van der Waals surface area contributed by atoms with Crippen molar-refractivity contribution in [3.05, 3.63) is 35.2 Å². The van der Waals surface area contributed by atoms with E-state index in [1.807, 2.05) is 0 Å². The van der Waals surface area contributed by atoms with Gasteiger partial charge in [-0.2, -0.15) is 0 Å². The standard InChI is InChI=1S/C11H13NO5S/c1-16-10-5-3-9(4-6-10)7-8-18(14,15)12-11(13)17-2/h3-8H,1-2H3,(H,12,13)/b8-7+. The number of ether oxygens (including phenoxy) is 2. The first-order valence-corrected chi connectivity index (χ1v) is 6.44. The number of rotatable bonds is 4. The van der Waals surface area contributed by atoms with Crippen molar-refractivity contribution in [3.63, 3.8) is 0 Å². The molecule has 0 heterocycles. The van der Waals surface area contributed by atoms with E-state index < -0.39 is 16.1 Å². The number of methoxy groups -OCH3 is 2. The summed E-state index contributed by atoms with van der Waals surface area (Å²) >= 11 is 0. The Morgan fingerprint density at radius 2 is 1.83 bits per heavy atom. The van der Waals surface area contributed by atoms with Crippen LogP contribution in [0, 0.1) is 0 Å². The van der Waals surface area contributed by atoms with Gasteiger partial charge in [0.15, 0.2) is 0 Å². The smallest absolute Gasteiger partial charge is 0.420 e. The van der Waals surface area contributed by atoms with Crippen LogP contribution in [0.3, 0.4) is 0 Å². The molecule has 1 aromatic carbocycles. The van der Waals surface area contributed by atoms with Crippen LogP contribution in [0.15, 0.2) is 29.7 Å². The number of nitrogens with one attached hydrogen (secondary N) is 1. The highest BCUT2D eigenvalue weighted by molar-refractivity contribution is 7.93. The van der Waals surface area contributed by atoms with E-state index in [4.69, 9.17) is 4.74 Å². The van der Waals surface area contributed by atoms with Gasteiger partial charge in [-0.25, -0.2) is 17.9 Å². The van der Waals surface area contributed by atoms with E-state index in [0.717, 1.165) is 12.5 Å². The van der Waals surface area contributed by atoms with Gasteiger partial charge in [0.05, 0.1) is 19.6 Å². The molecule has 1 aromatic rings. The lowest BCUT2D eigenvalue weighted by molar-refractivity contribution is 0.178. The van der Waals surface area contributed by atoms with Crippen molar-refractivity contribution in [2.75, 3.05) is 14.2 Å². The van der Waals surface area contributed by atoms with Crippen molar-refractivity contribution < 1.29 is 22.7 Å². The number of hydrogen-bond donors (Lipinski definition) is 1. The lowest BCUT2D eigenvalue weighted by Gasteiger charge is -2.01. The lowest BCUT2D eigenvalue weighted by atomic mass is 10.2. The normalized spacial score (nSPS) is 11.2. The Labute approximate surface area is 105 Å². The second kappa shape index (κ2) is 6.06. The van der Waals surface area contributed by atoms with Crippen LogP contribution >= 0.6 is 0 Å². The SMILES string of the molecule is COC(=O)NS(=O)(=O)/C=C/c1ccc(OC)cc1. The van der Waals surface area contributed by atoms with Crippen LogP contribution in [-0.4, -0.2) is 28.7 Å². The molecule has 6 nitrogen and oxygen atoms in total. The van der Waals surface area contributed by atoms with E-state index in [1.54, 1.807) is 29.0 Å². The van der Waals surface area contributed by atoms with E-state index in [1.165, 1.54) is 13.2 Å². The van der Waals surface area contributed by atoms with E-state index in [0.29, 0.717) is 11.3 Å². The molecule has 0 unspecified atom stereocenters. The molecule has 0 aromatic heterocycles. The Bertz CT molecular complexity index is 533. The first kappa shape index (κ1) is 14.0. The predicted molar refractivity (Wildman–Crippen MR) is 66.5 cm³/mol. The molecular weight excluding hydrogens is 258 g/mol. The molecule has 1 N–H and O–H groups in total. The molecule has 0 aliphatic heterocycles. The van der Waals surface area contributed by atoms with E-state index in [2.05, 4.69) is 4.74 Å². The third kappa shape index (κ3) is 4.46. The zero-order valence-electron chi connectivity index (χ0n) is 9.91. The maximum atomic E-state index is 11.4. The van der Waals surface area contributed by atoms with Gasteiger partial charge >= 0.3 is 6.09 Å². The van der Waals surface area contributed by atoms with Gasteiger partial charge in [-0.3, -0.25) is 0 Å². The maximum Gasteiger partial charge on any atom is 0.420 e. The zero-order valence-corrected chi connectivity index (χ0v) is 10.7. The molecule has 0 aliphatic rings. The first-order valence-electron chi connectivity index (χ1n) is 4.90. The summed E-state index contributed by atoms with van der Waals surface area (Å²) in [5.41, 5.74) is 0.658. The molecular formula is C11H13NO5S. The van der Waals surface area contributed by atoms with Crippen LogP contribution < -0.4 is 9.46 Å². The first-order chi connectivity index (χ1) is 8.46. The van der Waals surface area contributed by atoms with Crippen molar-refractivity contribution in [2.24, 2.45) is 0 Å². The fourth-order valence-corrected chi connectivity index (χ4v) is 1.79. The van der Waals surface area contributed by atoms with Gasteiger partial charge in [0, 0.05) is 0 Å². The third-order valence-electron chi connectivity index (χ3n) is 1.97. The van der Waals surface area contributed by atoms with Crippen LogP contribution in [0.2, 0.25) is 0 Å². The molecule has 0 fully saturated rings. The second-order valence-electron chi connectivity index (χ2n) is 3.21. The predicted octanol–water partition coefficient (Wildman–Crippen LogP) is 1.35. The largest absolute Gasteiger partial charge is 0.497 e. The van der Waals surface area contributed by atoms with E-state index in [-0.39, 0.29) is 0 Å². The number of carbonyl (C=O) groups excluding carboxylic acids is 1. The second-order valence-corrected chi connectivity index (χ2v) is 4.78. The number of sulfonamides is 1. The summed E-state index contributed by atoms with van der Waals surface area (Å²) in [6, 6.07) is 6.76. The number of amides is 1. The van der Waals surface area contributed by atoms with Gasteiger partial charge in [0.1, 0.15) is 5.75 Å². The average Bonchev–Trinajstić information content (AvgIpc) is 2.36. The van der Waals surface area contributed by atoms with Crippen molar-refractivity contribution in [3.8, 4) is 5.75 Å². The molecule has 1 rings (SSSR count). The minimum Gasteiger partial charge on any atom is -0.497 e. The molecule has 0 saturated heterocycles. The van der Waals surface area contributed by atoms with E-state index in [9.17, 15) is 13.2 Å². The van der Waals surface area contributed by atoms with Crippen molar-refractivity contribution in [1.82, 2.24) is 4.72 Å². The molecule has 0 bridgehead atoms. The van der Waals surface area contributed by atoms with Crippen molar-refractivity contribution in [1.29, 1.82) is 0 Å². The maximum absolute atomic E-state index is 11.4. The topological polar surface area (TPSA) is 81.7 Å². The summed E-state index contributed by atoms with van der Waals surface area (Å²) < 4.78 is 33.6. The Balaban J connectivity index is 2.76. The minimum absolute atomic E-state index is 0.658. The van der Waals surface area contributed by atoms with Crippen LogP contribution in [0.4, 0.5) is 4.79 Å². The molecule has 1 amide bonds. The molecule has 18 heavy (non-hydrogen) atoms. The Kier molecular flexibility index (Phi) is 4.73. The van der Waals surface area contributed by atoms with Gasteiger partial charge in [-0.15, -0.1) is 0 Å². The Morgan fingerprint density at radius 3 is 2.33 bits per heavy atom. The van der Waals surface area contributed by atoms with Gasteiger partial charge in [0.25, 0.3) is 10.0 Å². The number of hydrogen-bond acceptors (Lipinski definition) is 5. The van der Waals surface area contributed by atoms with Crippen LogP contribution in [0.25, 0.3) is 6.08 Å². The van der Waals surface area contributed by atoms with Gasteiger partial charge in [-0.1, -0.05) is 12.1 Å². The molecule has 7 heteroatoms. The molecule has 0 spiro atoms. The lowest BCUT2D eigenvalue weighted by Crippen LogP contribution is -2.28. The van der Waals surface area contributed by atoms with E-state index >= 15 is 0 Å². The highest BCUT2D eigenvalue weighted by Crippen LogP contribution is 2.12. The van der Waals surface area contributed by atoms with Crippen molar-refractivity contribution >= 4 is 22.2 Å². The van der Waals surface area contributed by atoms with Crippen LogP contribution in [-0.2, 0) is 14.8 Å². The highest BCUT2D eigenvalue weighted by Gasteiger charge is 2.10. The highest BCUT2D eigenvalue weighted by atomic mass is 32.2. The van der Waals surface area contributed by atoms with Crippen LogP contribution in [0.5, 0.6) is 5.75 Å². The Hall–Kier alpha value is -2.02. The number of benzene rings is 1. The molecule has 0 aliphatic carbocycles. The monoisotopic (exact) mass is 271 g/mol. The molecule has 0 atom stereocenters. The zero-order chi connectivity index (χ0) is 13.6. The fourth-order valence-electron chi connectivity index (χ4n) is 1.08. The average molecular weight is 271 g/mol. The Morgan fingerprint density at radius 1 is 1.22 bits per heavy atom. The quantitative estimate of drug-likeness (QED) is 0.894.